The SMILES string of the molecule is Cc1c(C)c2c(c(C)c1N)CC(C)(CC(NCCC(c1ccccc1)c1ccccc1)C1CCNCC1)O2. The Morgan fingerprint density at radius 3 is 2.13 bits per heavy atom. The predicted octanol–water partition coefficient (Wildman–Crippen LogP) is 6.46. The molecule has 2 heterocycles. The molecule has 4 heteroatoms. The number of rotatable bonds is 9. The Morgan fingerprint density at radius 1 is 0.921 bits per heavy atom. The highest BCUT2D eigenvalue weighted by atomic mass is 16.5. The molecule has 3 aromatic carbocycles. The average molecular weight is 512 g/mol. The topological polar surface area (TPSA) is 59.3 Å². The van der Waals surface area contributed by atoms with E-state index in [-0.39, 0.29) is 5.60 Å². The van der Waals surface area contributed by atoms with Crippen LogP contribution in [0.5, 0.6) is 5.75 Å². The number of nitrogens with two attached hydrogens (primary N) is 1. The second kappa shape index (κ2) is 11.5. The van der Waals surface area contributed by atoms with E-state index in [1.54, 1.807) is 0 Å². The van der Waals surface area contributed by atoms with Crippen LogP contribution in [0.2, 0.25) is 0 Å². The van der Waals surface area contributed by atoms with Gasteiger partial charge in [-0.05, 0) is 100 Å². The van der Waals surface area contributed by atoms with Crippen molar-refractivity contribution in [1.29, 1.82) is 0 Å². The van der Waals surface area contributed by atoms with Gasteiger partial charge in [-0.2, -0.15) is 0 Å². The molecule has 0 spiro atoms. The number of benzene rings is 3. The Balaban J connectivity index is 1.33. The third-order valence-corrected chi connectivity index (χ3v) is 9.19. The molecule has 38 heavy (non-hydrogen) atoms. The molecule has 4 nitrogen and oxygen atoms in total. The van der Waals surface area contributed by atoms with E-state index in [4.69, 9.17) is 10.5 Å². The summed E-state index contributed by atoms with van der Waals surface area (Å²) in [5.41, 5.74) is 14.8. The molecule has 202 valence electrons. The Hall–Kier alpha value is -2.82. The van der Waals surface area contributed by atoms with Gasteiger partial charge in [0.1, 0.15) is 11.4 Å². The van der Waals surface area contributed by atoms with Crippen molar-refractivity contribution in [2.24, 2.45) is 5.92 Å². The van der Waals surface area contributed by atoms with Crippen molar-refractivity contribution in [1.82, 2.24) is 10.6 Å². The van der Waals surface area contributed by atoms with Gasteiger partial charge in [-0.3, -0.25) is 0 Å². The Bertz CT molecular complexity index is 1140. The van der Waals surface area contributed by atoms with Crippen molar-refractivity contribution in [3.8, 4) is 5.75 Å². The van der Waals surface area contributed by atoms with Gasteiger partial charge in [0.25, 0.3) is 0 Å². The Labute approximate surface area is 229 Å². The number of hydrogen-bond acceptors (Lipinski definition) is 4. The van der Waals surface area contributed by atoms with Gasteiger partial charge in [0, 0.05) is 36.1 Å². The van der Waals surface area contributed by atoms with E-state index in [1.807, 2.05) is 0 Å². The maximum Gasteiger partial charge on any atom is 0.127 e. The molecular weight excluding hydrogens is 466 g/mol. The zero-order chi connectivity index (χ0) is 26.7. The lowest BCUT2D eigenvalue weighted by atomic mass is 9.81. The van der Waals surface area contributed by atoms with Gasteiger partial charge in [0.2, 0.25) is 0 Å². The number of piperidine rings is 1. The zero-order valence-electron chi connectivity index (χ0n) is 23.6. The van der Waals surface area contributed by atoms with Crippen LogP contribution in [0, 0.1) is 26.7 Å². The highest BCUT2D eigenvalue weighted by Gasteiger charge is 2.41. The fraction of sp³-hybridized carbons (Fsp3) is 0.471. The Kier molecular flexibility index (Phi) is 8.11. The molecule has 0 saturated carbocycles. The summed E-state index contributed by atoms with van der Waals surface area (Å²) in [5, 5.41) is 7.62. The summed E-state index contributed by atoms with van der Waals surface area (Å²) in [7, 11) is 0. The van der Waals surface area contributed by atoms with Crippen molar-refractivity contribution in [2.45, 2.75) is 77.4 Å². The average Bonchev–Trinajstić information content (AvgIpc) is 3.31. The fourth-order valence-electron chi connectivity index (χ4n) is 6.76. The lowest BCUT2D eigenvalue weighted by Crippen LogP contribution is -2.48. The molecule has 0 aliphatic carbocycles. The van der Waals surface area contributed by atoms with Crippen LogP contribution in [-0.4, -0.2) is 31.3 Å². The van der Waals surface area contributed by atoms with Crippen LogP contribution in [0.3, 0.4) is 0 Å². The molecule has 0 amide bonds. The third-order valence-electron chi connectivity index (χ3n) is 9.19. The van der Waals surface area contributed by atoms with Crippen LogP contribution in [0.25, 0.3) is 0 Å². The van der Waals surface area contributed by atoms with Gasteiger partial charge in [0.05, 0.1) is 0 Å². The number of anilines is 1. The molecule has 2 aliphatic rings. The molecule has 1 saturated heterocycles. The maximum absolute atomic E-state index is 6.82. The molecule has 0 radical (unpaired) electrons. The molecule has 3 aromatic rings. The van der Waals surface area contributed by atoms with Crippen LogP contribution < -0.4 is 21.1 Å². The van der Waals surface area contributed by atoms with E-state index < -0.39 is 0 Å². The van der Waals surface area contributed by atoms with Crippen molar-refractivity contribution < 1.29 is 4.74 Å². The van der Waals surface area contributed by atoms with Crippen molar-refractivity contribution >= 4 is 5.69 Å². The van der Waals surface area contributed by atoms with E-state index >= 15 is 0 Å². The van der Waals surface area contributed by atoms with E-state index in [0.717, 1.165) is 55.9 Å². The summed E-state index contributed by atoms with van der Waals surface area (Å²) < 4.78 is 6.82. The number of nitrogens with one attached hydrogen (secondary N) is 2. The first-order chi connectivity index (χ1) is 18.4. The number of hydrogen-bond donors (Lipinski definition) is 3. The highest BCUT2D eigenvalue weighted by molar-refractivity contribution is 5.66. The summed E-state index contributed by atoms with van der Waals surface area (Å²) in [5.74, 6) is 2.12. The van der Waals surface area contributed by atoms with E-state index in [1.165, 1.54) is 40.7 Å². The minimum atomic E-state index is -0.223. The van der Waals surface area contributed by atoms with Crippen LogP contribution in [0.15, 0.2) is 60.7 Å². The molecule has 2 aliphatic heterocycles. The summed E-state index contributed by atoms with van der Waals surface area (Å²) >= 11 is 0. The highest BCUT2D eigenvalue weighted by Crippen LogP contribution is 2.45. The van der Waals surface area contributed by atoms with Crippen LogP contribution in [0.1, 0.15) is 71.9 Å². The quantitative estimate of drug-likeness (QED) is 0.289. The molecule has 4 N–H and O–H groups in total. The van der Waals surface area contributed by atoms with E-state index in [0.29, 0.717) is 17.9 Å². The maximum atomic E-state index is 6.82. The van der Waals surface area contributed by atoms with Gasteiger partial charge in [0.15, 0.2) is 0 Å². The molecular formula is C34H45N3O. The first-order valence-corrected chi connectivity index (χ1v) is 14.5. The summed E-state index contributed by atoms with van der Waals surface area (Å²) in [6, 6.07) is 22.3. The molecule has 1 fully saturated rings. The van der Waals surface area contributed by atoms with Gasteiger partial charge >= 0.3 is 0 Å². The third kappa shape index (κ3) is 5.62. The monoisotopic (exact) mass is 511 g/mol. The normalized spacial score (nSPS) is 20.3. The smallest absolute Gasteiger partial charge is 0.127 e. The lowest BCUT2D eigenvalue weighted by molar-refractivity contribution is 0.0758. The summed E-state index contributed by atoms with van der Waals surface area (Å²) in [6.07, 6.45) is 5.43. The minimum absolute atomic E-state index is 0.223. The minimum Gasteiger partial charge on any atom is -0.487 e. The fourth-order valence-corrected chi connectivity index (χ4v) is 6.76. The van der Waals surface area contributed by atoms with Gasteiger partial charge in [-0.25, -0.2) is 0 Å². The van der Waals surface area contributed by atoms with Crippen molar-refractivity contribution in [3.63, 3.8) is 0 Å². The largest absolute Gasteiger partial charge is 0.487 e. The summed E-state index contributed by atoms with van der Waals surface area (Å²) in [4.78, 5) is 0. The summed E-state index contributed by atoms with van der Waals surface area (Å²) in [6.45, 7) is 11.9. The molecule has 0 aromatic heterocycles. The van der Waals surface area contributed by atoms with Crippen molar-refractivity contribution in [3.05, 3.63) is 94.0 Å². The standard InChI is InChI=1S/C34H45N3O/c1-23-24(2)33-30(25(3)32(23)35)21-34(4,38-33)22-31(28-15-18-36-19-16-28)37-20-17-29(26-11-7-5-8-12-26)27-13-9-6-10-14-27/h5-14,28-29,31,36-37H,15-22,35H2,1-4H3. The van der Waals surface area contributed by atoms with Crippen molar-refractivity contribution in [2.75, 3.05) is 25.4 Å². The van der Waals surface area contributed by atoms with Crippen LogP contribution >= 0.6 is 0 Å². The Morgan fingerprint density at radius 2 is 1.53 bits per heavy atom. The lowest BCUT2D eigenvalue weighted by Gasteiger charge is -2.37. The van der Waals surface area contributed by atoms with E-state index in [9.17, 15) is 0 Å². The molecule has 2 unspecified atom stereocenters. The number of ether oxygens (including phenoxy) is 1. The van der Waals surface area contributed by atoms with E-state index in [2.05, 4.69) is 99.0 Å². The van der Waals surface area contributed by atoms with Gasteiger partial charge < -0.3 is 21.1 Å². The second-order valence-electron chi connectivity index (χ2n) is 11.8. The number of fused-ring (bicyclic) bond motifs is 1. The van der Waals surface area contributed by atoms with Gasteiger partial charge in [-0.1, -0.05) is 60.7 Å². The second-order valence-corrected chi connectivity index (χ2v) is 11.8. The van der Waals surface area contributed by atoms with Crippen LogP contribution in [0.4, 0.5) is 5.69 Å². The first kappa shape index (κ1) is 26.8. The number of nitrogen functional groups attached to an aromatic ring is 1. The zero-order valence-corrected chi connectivity index (χ0v) is 23.6. The molecule has 2 atom stereocenters. The first-order valence-electron chi connectivity index (χ1n) is 14.5. The predicted molar refractivity (Wildman–Crippen MR) is 159 cm³/mol. The van der Waals surface area contributed by atoms with Crippen LogP contribution in [-0.2, 0) is 6.42 Å². The van der Waals surface area contributed by atoms with Gasteiger partial charge in [-0.15, -0.1) is 0 Å². The molecule has 5 rings (SSSR count). The molecule has 0 bridgehead atoms.